The zero-order valence-electron chi connectivity index (χ0n) is 22.9. The van der Waals surface area contributed by atoms with Gasteiger partial charge < -0.3 is 4.74 Å². The zero-order chi connectivity index (χ0) is 29.5. The van der Waals surface area contributed by atoms with E-state index in [1.54, 1.807) is 6.92 Å². The number of non-ortho nitro benzene ring substituents is 1. The lowest BCUT2D eigenvalue weighted by Crippen LogP contribution is -2.07. The quantitative estimate of drug-likeness (QED) is 0.0665. The molecule has 0 atom stereocenters. The highest BCUT2D eigenvalue weighted by molar-refractivity contribution is 8.13. The van der Waals surface area contributed by atoms with E-state index in [-0.39, 0.29) is 18.0 Å². The van der Waals surface area contributed by atoms with Gasteiger partial charge in [-0.15, -0.1) is 10.2 Å². The molecule has 0 aliphatic heterocycles. The topological polar surface area (TPSA) is 151 Å². The van der Waals surface area contributed by atoms with Crippen LogP contribution in [0.3, 0.4) is 0 Å². The minimum absolute atomic E-state index is 0.0265. The molecule has 0 spiro atoms. The molecule has 1 N–H and O–H groups in total. The first-order valence-corrected chi connectivity index (χ1v) is 14.3. The molecule has 4 aromatic rings. The number of rotatable bonds is 10. The van der Waals surface area contributed by atoms with Crippen LogP contribution in [0.2, 0.25) is 0 Å². The molecule has 0 saturated heterocycles. The second-order valence-corrected chi connectivity index (χ2v) is 11.0. The second kappa shape index (κ2) is 13.3. The number of nitro groups is 2. The Hall–Kier alpha value is -4.78. The third-order valence-corrected chi connectivity index (χ3v) is 7.83. The fourth-order valence-electron chi connectivity index (χ4n) is 4.89. The van der Waals surface area contributed by atoms with E-state index in [0.717, 1.165) is 17.5 Å². The van der Waals surface area contributed by atoms with E-state index in [0.29, 0.717) is 21.9 Å². The van der Waals surface area contributed by atoms with Gasteiger partial charge in [-0.1, -0.05) is 49.6 Å². The molecule has 1 aliphatic carbocycles. The van der Waals surface area contributed by atoms with Crippen molar-refractivity contribution in [2.45, 2.75) is 56.7 Å². The molecular weight excluding hydrogens is 558 g/mol. The van der Waals surface area contributed by atoms with Crippen LogP contribution >= 0.6 is 11.8 Å². The summed E-state index contributed by atoms with van der Waals surface area (Å²) in [7, 11) is 0. The number of nitro benzene ring substituents is 2. The van der Waals surface area contributed by atoms with Crippen molar-refractivity contribution in [3.8, 4) is 11.4 Å². The first kappa shape index (κ1) is 28.7. The number of nitrogens with one attached hydrogen (secondary N) is 1. The van der Waals surface area contributed by atoms with E-state index >= 15 is 0 Å². The van der Waals surface area contributed by atoms with Crippen LogP contribution in [0.5, 0.6) is 5.75 Å². The van der Waals surface area contributed by atoms with Gasteiger partial charge in [0.1, 0.15) is 18.0 Å². The second-order valence-electron chi connectivity index (χ2n) is 9.82. The van der Waals surface area contributed by atoms with Crippen molar-refractivity contribution in [3.05, 3.63) is 104 Å². The number of hydrazone groups is 1. The third kappa shape index (κ3) is 6.92. The number of para-hydroxylation sites is 1. The maximum absolute atomic E-state index is 11.4. The van der Waals surface area contributed by atoms with E-state index in [9.17, 15) is 20.2 Å². The molecule has 1 aliphatic rings. The normalized spacial score (nSPS) is 14.0. The number of thioether (sulfide) groups is 1. The van der Waals surface area contributed by atoms with Gasteiger partial charge in [0.15, 0.2) is 5.82 Å². The number of anilines is 1. The molecule has 12 nitrogen and oxygen atoms in total. The third-order valence-electron chi connectivity index (χ3n) is 7.00. The average molecular weight is 588 g/mol. The van der Waals surface area contributed by atoms with Gasteiger partial charge in [0.2, 0.25) is 5.16 Å². The lowest BCUT2D eigenvalue weighted by atomic mass is 9.84. The lowest BCUT2D eigenvalue weighted by molar-refractivity contribution is -0.393. The summed E-state index contributed by atoms with van der Waals surface area (Å²) >= 11 is 1.21. The molecule has 0 amide bonds. The van der Waals surface area contributed by atoms with Crippen LogP contribution in [0.15, 0.2) is 83.1 Å². The van der Waals surface area contributed by atoms with Crippen molar-refractivity contribution in [2.24, 2.45) is 5.10 Å². The molecule has 3 aromatic carbocycles. The van der Waals surface area contributed by atoms with Crippen LogP contribution in [0.4, 0.5) is 17.1 Å². The Balaban J connectivity index is 1.32. The summed E-state index contributed by atoms with van der Waals surface area (Å²) in [5.74, 6) is 1.96. The van der Waals surface area contributed by atoms with E-state index in [1.807, 2.05) is 47.0 Å². The van der Waals surface area contributed by atoms with Crippen molar-refractivity contribution in [1.82, 2.24) is 14.8 Å². The molecule has 1 aromatic heterocycles. The Morgan fingerprint density at radius 3 is 2.43 bits per heavy atom. The standard InChI is InChI=1S/C29H29N7O5S/c1-20(30-31-26-17-14-24(35(37)38)18-27(26)36(39)40)42-29-33-32-28(34(29)23-10-6-3-7-11-23)19-41-25-15-12-22(13-16-25)21-8-4-2-5-9-21/h3,6-7,10-18,21,31H,2,4-5,8-9,19H2,1H3/b30-20+. The van der Waals surface area contributed by atoms with Crippen LogP contribution < -0.4 is 10.2 Å². The van der Waals surface area contributed by atoms with Crippen LogP contribution in [-0.4, -0.2) is 29.7 Å². The monoisotopic (exact) mass is 587 g/mol. The molecule has 1 fully saturated rings. The molecule has 0 unspecified atom stereocenters. The molecule has 42 heavy (non-hydrogen) atoms. The Morgan fingerprint density at radius 1 is 1.00 bits per heavy atom. The first-order chi connectivity index (χ1) is 20.4. The van der Waals surface area contributed by atoms with E-state index < -0.39 is 15.5 Å². The largest absolute Gasteiger partial charge is 0.486 e. The van der Waals surface area contributed by atoms with Crippen LogP contribution in [0, 0.1) is 20.2 Å². The molecule has 1 heterocycles. The predicted octanol–water partition coefficient (Wildman–Crippen LogP) is 7.25. The Labute approximate surface area is 246 Å². The molecule has 216 valence electrons. The Bertz CT molecular complexity index is 1590. The highest BCUT2D eigenvalue weighted by atomic mass is 32.2. The molecule has 1 saturated carbocycles. The van der Waals surface area contributed by atoms with E-state index in [4.69, 9.17) is 4.74 Å². The van der Waals surface area contributed by atoms with Gasteiger partial charge in [0.05, 0.1) is 21.0 Å². The Kier molecular flexibility index (Phi) is 9.07. The number of hydrogen-bond donors (Lipinski definition) is 1. The lowest BCUT2D eigenvalue weighted by Gasteiger charge is -2.22. The summed E-state index contributed by atoms with van der Waals surface area (Å²) in [6.07, 6.45) is 6.38. The van der Waals surface area contributed by atoms with Gasteiger partial charge >= 0.3 is 5.69 Å². The van der Waals surface area contributed by atoms with Crippen molar-refractivity contribution in [3.63, 3.8) is 0 Å². The molecule has 13 heteroatoms. The van der Waals surface area contributed by atoms with E-state index in [1.165, 1.54) is 61.6 Å². The summed E-state index contributed by atoms with van der Waals surface area (Å²) in [5.41, 5.74) is 4.03. The fraction of sp³-hybridized carbons (Fsp3) is 0.276. The molecule has 0 radical (unpaired) electrons. The maximum Gasteiger partial charge on any atom is 0.301 e. The van der Waals surface area contributed by atoms with Crippen molar-refractivity contribution >= 4 is 33.9 Å². The molecule has 0 bridgehead atoms. The van der Waals surface area contributed by atoms with Crippen molar-refractivity contribution < 1.29 is 14.6 Å². The summed E-state index contributed by atoms with van der Waals surface area (Å²) < 4.78 is 7.96. The van der Waals surface area contributed by atoms with Crippen LogP contribution in [-0.2, 0) is 6.61 Å². The smallest absolute Gasteiger partial charge is 0.301 e. The van der Waals surface area contributed by atoms with Gasteiger partial charge in [-0.25, -0.2) is 0 Å². The number of aromatic nitrogens is 3. The van der Waals surface area contributed by atoms with Gasteiger partial charge in [-0.05, 0) is 73.3 Å². The minimum atomic E-state index is -0.699. The number of benzene rings is 3. The fourth-order valence-corrected chi connectivity index (χ4v) is 5.63. The maximum atomic E-state index is 11.4. The first-order valence-electron chi connectivity index (χ1n) is 13.5. The van der Waals surface area contributed by atoms with Crippen molar-refractivity contribution in [2.75, 3.05) is 5.43 Å². The number of ether oxygens (including phenoxy) is 1. The van der Waals surface area contributed by atoms with Crippen molar-refractivity contribution in [1.29, 1.82) is 0 Å². The van der Waals surface area contributed by atoms with Crippen LogP contribution in [0.1, 0.15) is 56.3 Å². The zero-order valence-corrected chi connectivity index (χ0v) is 23.7. The predicted molar refractivity (Wildman–Crippen MR) is 160 cm³/mol. The average Bonchev–Trinajstić information content (AvgIpc) is 3.41. The van der Waals surface area contributed by atoms with Gasteiger partial charge in [-0.3, -0.25) is 30.2 Å². The van der Waals surface area contributed by atoms with Gasteiger partial charge in [0, 0.05) is 11.8 Å². The molecular formula is C29H29N7O5S. The summed E-state index contributed by atoms with van der Waals surface area (Å²) in [6, 6.07) is 21.2. The minimum Gasteiger partial charge on any atom is -0.486 e. The Morgan fingerprint density at radius 2 is 1.74 bits per heavy atom. The molecule has 5 rings (SSSR count). The highest BCUT2D eigenvalue weighted by Gasteiger charge is 2.20. The van der Waals surface area contributed by atoms with E-state index in [2.05, 4.69) is 32.9 Å². The summed E-state index contributed by atoms with van der Waals surface area (Å²) in [4.78, 5) is 21.1. The van der Waals surface area contributed by atoms with Gasteiger partial charge in [-0.2, -0.15) is 5.10 Å². The number of hydrogen-bond acceptors (Lipinski definition) is 10. The SMILES string of the molecule is C/C(=N\Nc1ccc([N+](=O)[O-])cc1[N+](=O)[O-])Sc1nnc(COc2ccc(C3CCCCC3)cc2)n1-c1ccccc1. The summed E-state index contributed by atoms with van der Waals surface area (Å²) in [5, 5.41) is 36.4. The highest BCUT2D eigenvalue weighted by Crippen LogP contribution is 2.34. The summed E-state index contributed by atoms with van der Waals surface area (Å²) in [6.45, 7) is 1.90. The van der Waals surface area contributed by atoms with Gasteiger partial charge in [0.25, 0.3) is 5.69 Å². The number of nitrogens with zero attached hydrogens (tertiary/aromatic N) is 6. The van der Waals surface area contributed by atoms with Crippen LogP contribution in [0.25, 0.3) is 5.69 Å².